The fourth-order valence-electron chi connectivity index (χ4n) is 1.08. The smallest absolute Gasteiger partial charge is 0.134 e. The summed E-state index contributed by atoms with van der Waals surface area (Å²) in [5.41, 5.74) is 1.85. The van der Waals surface area contributed by atoms with Crippen LogP contribution in [0.25, 0.3) is 11.3 Å². The molecule has 0 aliphatic heterocycles. The van der Waals surface area contributed by atoms with Gasteiger partial charge in [0.05, 0.1) is 6.20 Å². The van der Waals surface area contributed by atoms with Gasteiger partial charge in [-0.2, -0.15) is 0 Å². The van der Waals surface area contributed by atoms with Gasteiger partial charge >= 0.3 is 0 Å². The van der Waals surface area contributed by atoms with Gasteiger partial charge < -0.3 is 10.1 Å². The number of aromatic amines is 1. The van der Waals surface area contributed by atoms with Crippen LogP contribution in [0.5, 0.6) is 5.75 Å². The highest BCUT2D eigenvalue weighted by Crippen LogP contribution is 2.19. The first-order valence-corrected chi connectivity index (χ1v) is 3.64. The van der Waals surface area contributed by atoms with Crippen molar-refractivity contribution in [2.24, 2.45) is 0 Å². The second-order valence-corrected chi connectivity index (χ2v) is 2.52. The Bertz CT molecular complexity index is 368. The fraction of sp³-hybridized carbons (Fsp3) is 0. The fourth-order valence-corrected chi connectivity index (χ4v) is 1.08. The molecule has 0 aliphatic rings. The molecule has 0 saturated carbocycles. The first-order valence-electron chi connectivity index (χ1n) is 3.64. The molecule has 0 unspecified atom stereocenters. The Balaban J connectivity index is 2.48. The Morgan fingerprint density at radius 1 is 1.33 bits per heavy atom. The van der Waals surface area contributed by atoms with Crippen molar-refractivity contribution in [3.63, 3.8) is 0 Å². The van der Waals surface area contributed by atoms with E-state index in [1.165, 1.54) is 6.20 Å². The third kappa shape index (κ3) is 1.16. The summed E-state index contributed by atoms with van der Waals surface area (Å²) >= 11 is 0. The van der Waals surface area contributed by atoms with Gasteiger partial charge in [0, 0.05) is 23.7 Å². The van der Waals surface area contributed by atoms with Gasteiger partial charge in [0.2, 0.25) is 0 Å². The summed E-state index contributed by atoms with van der Waals surface area (Å²) < 4.78 is 0. The number of hydrogen-bond donors (Lipinski definition) is 2. The molecule has 0 aromatic carbocycles. The molecule has 2 rings (SSSR count). The molecule has 0 bridgehead atoms. The second kappa shape index (κ2) is 2.70. The third-order valence-corrected chi connectivity index (χ3v) is 1.63. The number of pyridine rings is 1. The Hall–Kier alpha value is -1.77. The van der Waals surface area contributed by atoms with Crippen molar-refractivity contribution >= 4 is 0 Å². The zero-order chi connectivity index (χ0) is 8.39. The Morgan fingerprint density at radius 3 is 2.92 bits per heavy atom. The van der Waals surface area contributed by atoms with E-state index in [2.05, 4.69) is 9.97 Å². The number of rotatable bonds is 1. The average molecular weight is 160 g/mol. The van der Waals surface area contributed by atoms with Crippen LogP contribution in [0.3, 0.4) is 0 Å². The average Bonchev–Trinajstić information content (AvgIpc) is 2.56. The summed E-state index contributed by atoms with van der Waals surface area (Å²) in [6, 6.07) is 5.49. The summed E-state index contributed by atoms with van der Waals surface area (Å²) in [5.74, 6) is 0.183. The quantitative estimate of drug-likeness (QED) is 0.668. The summed E-state index contributed by atoms with van der Waals surface area (Å²) in [6.07, 6.45) is 4.94. The molecule has 0 atom stereocenters. The van der Waals surface area contributed by atoms with Crippen LogP contribution in [0.2, 0.25) is 0 Å². The van der Waals surface area contributed by atoms with E-state index in [-0.39, 0.29) is 5.75 Å². The minimum absolute atomic E-state index is 0.183. The number of nitrogens with one attached hydrogen (secondary N) is 1. The predicted molar refractivity (Wildman–Crippen MR) is 45.7 cm³/mol. The van der Waals surface area contributed by atoms with Gasteiger partial charge in [-0.05, 0) is 18.2 Å². The molecule has 0 saturated heterocycles. The third-order valence-electron chi connectivity index (χ3n) is 1.63. The van der Waals surface area contributed by atoms with E-state index < -0.39 is 0 Å². The van der Waals surface area contributed by atoms with Crippen molar-refractivity contribution < 1.29 is 5.11 Å². The molecule has 2 N–H and O–H groups in total. The lowest BCUT2D eigenvalue weighted by atomic mass is 10.2. The van der Waals surface area contributed by atoms with Crippen molar-refractivity contribution in [1.29, 1.82) is 0 Å². The molecule has 3 heteroatoms. The van der Waals surface area contributed by atoms with Gasteiger partial charge in [0.25, 0.3) is 0 Å². The molecular weight excluding hydrogens is 152 g/mol. The van der Waals surface area contributed by atoms with E-state index in [0.29, 0.717) is 0 Å². The van der Waals surface area contributed by atoms with E-state index in [9.17, 15) is 0 Å². The monoisotopic (exact) mass is 160 g/mol. The molecule has 3 nitrogen and oxygen atoms in total. The van der Waals surface area contributed by atoms with Crippen LogP contribution in [0, 0.1) is 0 Å². The second-order valence-electron chi connectivity index (χ2n) is 2.52. The summed E-state index contributed by atoms with van der Waals surface area (Å²) in [5, 5.41) is 9.14. The van der Waals surface area contributed by atoms with Crippen LogP contribution in [0.4, 0.5) is 0 Å². The van der Waals surface area contributed by atoms with Crippen LogP contribution in [-0.2, 0) is 0 Å². The van der Waals surface area contributed by atoms with E-state index >= 15 is 0 Å². The number of H-pyrrole nitrogens is 1. The minimum atomic E-state index is 0.183. The minimum Gasteiger partial charge on any atom is -0.506 e. The van der Waals surface area contributed by atoms with Crippen molar-refractivity contribution in [1.82, 2.24) is 9.97 Å². The molecule has 0 spiro atoms. The molecule has 0 aliphatic carbocycles. The zero-order valence-corrected chi connectivity index (χ0v) is 6.36. The Kier molecular flexibility index (Phi) is 1.55. The number of hydrogen-bond acceptors (Lipinski definition) is 2. The molecule has 12 heavy (non-hydrogen) atoms. The molecule has 2 aromatic rings. The van der Waals surface area contributed by atoms with Crippen molar-refractivity contribution in [2.75, 3.05) is 0 Å². The molecule has 60 valence electrons. The SMILES string of the molecule is Oc1cncc(-c2ccc[nH]2)c1. The number of aromatic nitrogens is 2. The highest BCUT2D eigenvalue weighted by Gasteiger charge is 1.98. The molecule has 0 amide bonds. The van der Waals surface area contributed by atoms with Gasteiger partial charge in [-0.15, -0.1) is 0 Å². The van der Waals surface area contributed by atoms with Gasteiger partial charge in [0.1, 0.15) is 5.75 Å². The maximum absolute atomic E-state index is 9.14. The van der Waals surface area contributed by atoms with Crippen molar-refractivity contribution in [3.05, 3.63) is 36.8 Å². The summed E-state index contributed by atoms with van der Waals surface area (Å²) in [7, 11) is 0. The van der Waals surface area contributed by atoms with Gasteiger partial charge in [-0.1, -0.05) is 0 Å². The van der Waals surface area contributed by atoms with Gasteiger partial charge in [-0.3, -0.25) is 4.98 Å². The predicted octanol–water partition coefficient (Wildman–Crippen LogP) is 1.78. The highest BCUT2D eigenvalue weighted by molar-refractivity contribution is 5.59. The first-order chi connectivity index (χ1) is 5.86. The molecule has 2 heterocycles. The first kappa shape index (κ1) is 6.91. The zero-order valence-electron chi connectivity index (χ0n) is 6.36. The van der Waals surface area contributed by atoms with Crippen molar-refractivity contribution in [2.45, 2.75) is 0 Å². The maximum Gasteiger partial charge on any atom is 0.134 e. The van der Waals surface area contributed by atoms with Crippen molar-refractivity contribution in [3.8, 4) is 17.0 Å². The van der Waals surface area contributed by atoms with E-state index in [1.54, 1.807) is 12.3 Å². The van der Waals surface area contributed by atoms with Crippen LogP contribution in [0.1, 0.15) is 0 Å². The van der Waals surface area contributed by atoms with Crippen LogP contribution < -0.4 is 0 Å². The van der Waals surface area contributed by atoms with Gasteiger partial charge in [0.15, 0.2) is 0 Å². The lowest BCUT2D eigenvalue weighted by Gasteiger charge is -1.96. The Labute approximate surface area is 69.7 Å². The van der Waals surface area contributed by atoms with E-state index in [0.717, 1.165) is 11.3 Å². The highest BCUT2D eigenvalue weighted by atomic mass is 16.3. The maximum atomic E-state index is 9.14. The standard InChI is InChI=1S/C9H8N2O/c12-8-4-7(5-10-6-8)9-2-1-3-11-9/h1-6,11-12H. The normalized spacial score (nSPS) is 10.0. The molecule has 2 aromatic heterocycles. The largest absolute Gasteiger partial charge is 0.506 e. The molecule has 0 fully saturated rings. The van der Waals surface area contributed by atoms with E-state index in [1.807, 2.05) is 18.3 Å². The summed E-state index contributed by atoms with van der Waals surface area (Å²) in [4.78, 5) is 6.90. The number of aromatic hydroxyl groups is 1. The lowest BCUT2D eigenvalue weighted by Crippen LogP contribution is -1.78. The van der Waals surface area contributed by atoms with E-state index in [4.69, 9.17) is 5.11 Å². The van der Waals surface area contributed by atoms with Crippen LogP contribution >= 0.6 is 0 Å². The molecular formula is C9H8N2O. The summed E-state index contributed by atoms with van der Waals surface area (Å²) in [6.45, 7) is 0. The Morgan fingerprint density at radius 2 is 2.25 bits per heavy atom. The van der Waals surface area contributed by atoms with Crippen LogP contribution in [-0.4, -0.2) is 15.1 Å². The topological polar surface area (TPSA) is 48.9 Å². The molecule has 0 radical (unpaired) electrons. The number of nitrogens with zero attached hydrogens (tertiary/aromatic N) is 1. The van der Waals surface area contributed by atoms with Gasteiger partial charge in [-0.25, -0.2) is 0 Å². The lowest BCUT2D eigenvalue weighted by molar-refractivity contribution is 0.473. The van der Waals surface area contributed by atoms with Crippen LogP contribution in [0.15, 0.2) is 36.8 Å².